The molecule has 57 heavy (non-hydrogen) atoms. The first-order valence-electron chi connectivity index (χ1n) is 19.8. The lowest BCUT2D eigenvalue weighted by Crippen LogP contribution is -2.54. The van der Waals surface area contributed by atoms with Crippen molar-refractivity contribution in [1.29, 1.82) is 0 Å². The Labute approximate surface area is 335 Å². The number of piperazine rings is 1. The molecule has 4 aromatic rings. The first-order valence-corrected chi connectivity index (χ1v) is 19.8. The summed E-state index contributed by atoms with van der Waals surface area (Å²) in [6, 6.07) is 24.8. The molecular formula is C43H56N6O8. The smallest absolute Gasteiger partial charge is 0.410 e. The standard InChI is InChI=1S/C43H56N6O8/c1-32-29-48(20-21-49(32)42(51)56-31-33-11-6-5-7-12-33)39-36-17-19-47(38-16-10-14-34-13-8-9-15-35(34)38)30-37(36)45-40(46-39)55-28-27-54-26-25-53-24-23-52-22-18-44-41(50)57-43(2,3)4/h5-16,32H,17-31H2,1-4H3,(H,44,50)/t32-/m1/s1. The van der Waals surface area contributed by atoms with Gasteiger partial charge in [0.1, 0.15) is 24.6 Å². The highest BCUT2D eigenvalue weighted by molar-refractivity contribution is 5.94. The van der Waals surface area contributed by atoms with Crippen molar-refractivity contribution in [3.05, 3.63) is 89.6 Å². The van der Waals surface area contributed by atoms with Crippen molar-refractivity contribution in [2.24, 2.45) is 0 Å². The predicted octanol–water partition coefficient (Wildman–Crippen LogP) is 5.99. The normalized spacial score (nSPS) is 15.6. The Hall–Kier alpha value is -5.18. The van der Waals surface area contributed by atoms with E-state index in [-0.39, 0.29) is 25.3 Å². The minimum atomic E-state index is -0.535. The Kier molecular flexibility index (Phi) is 14.8. The number of ether oxygens (including phenoxy) is 6. The maximum absolute atomic E-state index is 13.1. The summed E-state index contributed by atoms with van der Waals surface area (Å²) in [7, 11) is 0. The van der Waals surface area contributed by atoms with Gasteiger partial charge in [-0.3, -0.25) is 0 Å². The number of aromatic nitrogens is 2. The van der Waals surface area contributed by atoms with Gasteiger partial charge in [0.2, 0.25) is 0 Å². The molecule has 306 valence electrons. The third-order valence-electron chi connectivity index (χ3n) is 9.61. The van der Waals surface area contributed by atoms with Gasteiger partial charge in [0, 0.05) is 55.4 Å². The maximum Gasteiger partial charge on any atom is 0.410 e. The lowest BCUT2D eigenvalue weighted by Gasteiger charge is -2.41. The SMILES string of the molecule is C[C@@H]1CN(c2nc(OCCOCCOCCOCCNC(=O)OC(C)(C)C)nc3c2CCN(c2cccc4ccccc24)C3)CCN1C(=O)OCc1ccccc1. The second-order valence-electron chi connectivity index (χ2n) is 15.1. The number of carbonyl (C=O) groups excluding carboxylic acids is 2. The van der Waals surface area contributed by atoms with Crippen LogP contribution in [-0.2, 0) is 43.3 Å². The van der Waals surface area contributed by atoms with E-state index in [1.165, 1.54) is 16.5 Å². The Morgan fingerprint density at radius 3 is 2.25 bits per heavy atom. The molecule has 14 heteroatoms. The summed E-state index contributed by atoms with van der Waals surface area (Å²) in [4.78, 5) is 41.1. The van der Waals surface area contributed by atoms with Crippen LogP contribution in [0.5, 0.6) is 6.01 Å². The van der Waals surface area contributed by atoms with Crippen LogP contribution in [0.2, 0.25) is 0 Å². The molecule has 1 aromatic heterocycles. The van der Waals surface area contributed by atoms with Crippen LogP contribution in [0.4, 0.5) is 21.1 Å². The molecule has 0 aliphatic carbocycles. The largest absolute Gasteiger partial charge is 0.461 e. The summed E-state index contributed by atoms with van der Waals surface area (Å²) < 4.78 is 33.9. The number of fused-ring (bicyclic) bond motifs is 2. The van der Waals surface area contributed by atoms with Crippen LogP contribution < -0.4 is 19.9 Å². The molecule has 1 atom stereocenters. The van der Waals surface area contributed by atoms with Gasteiger partial charge in [-0.2, -0.15) is 9.97 Å². The number of carbonyl (C=O) groups is 2. The summed E-state index contributed by atoms with van der Waals surface area (Å²) in [6.07, 6.45) is 0.00189. The van der Waals surface area contributed by atoms with E-state index in [2.05, 4.69) is 57.6 Å². The zero-order valence-corrected chi connectivity index (χ0v) is 33.6. The fourth-order valence-corrected chi connectivity index (χ4v) is 6.90. The highest BCUT2D eigenvalue weighted by atomic mass is 16.6. The number of amides is 2. The average Bonchev–Trinajstić information content (AvgIpc) is 3.20. The van der Waals surface area contributed by atoms with Crippen molar-refractivity contribution in [2.45, 2.75) is 58.9 Å². The lowest BCUT2D eigenvalue weighted by atomic mass is 10.0. The highest BCUT2D eigenvalue weighted by Crippen LogP contribution is 2.34. The molecule has 14 nitrogen and oxygen atoms in total. The van der Waals surface area contributed by atoms with Gasteiger partial charge in [0.05, 0.1) is 51.9 Å². The average molecular weight is 785 g/mol. The van der Waals surface area contributed by atoms with Gasteiger partial charge in [0.25, 0.3) is 0 Å². The third-order valence-corrected chi connectivity index (χ3v) is 9.61. The number of nitrogens with zero attached hydrogens (tertiary/aromatic N) is 5. The third kappa shape index (κ3) is 12.2. The number of benzene rings is 3. The summed E-state index contributed by atoms with van der Waals surface area (Å²) in [6.45, 7) is 13.9. The van der Waals surface area contributed by atoms with E-state index in [1.807, 2.05) is 58.0 Å². The molecule has 2 aliphatic rings. The van der Waals surface area contributed by atoms with Gasteiger partial charge in [0.15, 0.2) is 0 Å². The van der Waals surface area contributed by atoms with Gasteiger partial charge >= 0.3 is 18.2 Å². The van der Waals surface area contributed by atoms with Gasteiger partial charge < -0.3 is 48.4 Å². The van der Waals surface area contributed by atoms with E-state index in [0.29, 0.717) is 78.4 Å². The summed E-state index contributed by atoms with van der Waals surface area (Å²) in [5, 5.41) is 5.06. The number of hydrogen-bond acceptors (Lipinski definition) is 12. The molecule has 0 saturated carbocycles. The Morgan fingerprint density at radius 1 is 0.789 bits per heavy atom. The molecular weight excluding hydrogens is 729 g/mol. The molecule has 3 heterocycles. The van der Waals surface area contributed by atoms with E-state index in [0.717, 1.165) is 35.6 Å². The number of anilines is 2. The zero-order valence-electron chi connectivity index (χ0n) is 33.6. The molecule has 0 spiro atoms. The van der Waals surface area contributed by atoms with Crippen LogP contribution in [0.15, 0.2) is 72.8 Å². The van der Waals surface area contributed by atoms with E-state index in [9.17, 15) is 9.59 Å². The monoisotopic (exact) mass is 784 g/mol. The first-order chi connectivity index (χ1) is 27.6. The van der Waals surface area contributed by atoms with Gasteiger partial charge in [-0.05, 0) is 51.1 Å². The summed E-state index contributed by atoms with van der Waals surface area (Å²) in [5.74, 6) is 0.855. The van der Waals surface area contributed by atoms with Crippen LogP contribution in [0.25, 0.3) is 10.8 Å². The zero-order chi connectivity index (χ0) is 40.0. The molecule has 3 aromatic carbocycles. The molecule has 0 unspecified atom stereocenters. The van der Waals surface area contributed by atoms with Crippen LogP contribution >= 0.6 is 0 Å². The predicted molar refractivity (Wildman–Crippen MR) is 218 cm³/mol. The quantitative estimate of drug-likeness (QED) is 0.126. The highest BCUT2D eigenvalue weighted by Gasteiger charge is 2.33. The maximum atomic E-state index is 13.1. The Morgan fingerprint density at radius 2 is 1.49 bits per heavy atom. The molecule has 2 amide bonds. The van der Waals surface area contributed by atoms with Crippen molar-refractivity contribution in [3.8, 4) is 6.01 Å². The van der Waals surface area contributed by atoms with Crippen molar-refractivity contribution < 1.29 is 38.0 Å². The number of nitrogens with one attached hydrogen (secondary N) is 1. The fraction of sp³-hybridized carbons (Fsp3) is 0.488. The van der Waals surface area contributed by atoms with Gasteiger partial charge in [-0.1, -0.05) is 66.7 Å². The van der Waals surface area contributed by atoms with Crippen molar-refractivity contribution >= 4 is 34.5 Å². The molecule has 1 saturated heterocycles. The molecule has 6 rings (SSSR count). The molecule has 2 aliphatic heterocycles. The minimum absolute atomic E-state index is 0.0869. The number of rotatable bonds is 17. The van der Waals surface area contributed by atoms with Crippen LogP contribution in [0, 0.1) is 0 Å². The second kappa shape index (κ2) is 20.3. The fourth-order valence-electron chi connectivity index (χ4n) is 6.90. The number of hydrogen-bond donors (Lipinski definition) is 1. The van der Waals surface area contributed by atoms with Gasteiger partial charge in [-0.25, -0.2) is 9.59 Å². The molecule has 1 N–H and O–H groups in total. The molecule has 0 bridgehead atoms. The van der Waals surface area contributed by atoms with E-state index < -0.39 is 11.7 Å². The van der Waals surface area contributed by atoms with E-state index in [4.69, 9.17) is 38.4 Å². The van der Waals surface area contributed by atoms with E-state index in [1.54, 1.807) is 4.90 Å². The number of alkyl carbamates (subject to hydrolysis) is 1. The van der Waals surface area contributed by atoms with Crippen LogP contribution in [0.3, 0.4) is 0 Å². The topological polar surface area (TPSA) is 137 Å². The Balaban J connectivity index is 1.01. The van der Waals surface area contributed by atoms with Crippen LogP contribution in [0.1, 0.15) is 44.5 Å². The molecule has 1 fully saturated rings. The van der Waals surface area contributed by atoms with E-state index >= 15 is 0 Å². The second-order valence-corrected chi connectivity index (χ2v) is 15.1. The van der Waals surface area contributed by atoms with Crippen molar-refractivity contribution in [2.75, 3.05) is 88.8 Å². The van der Waals surface area contributed by atoms with Crippen molar-refractivity contribution in [1.82, 2.24) is 20.2 Å². The Bertz CT molecular complexity index is 1900. The first kappa shape index (κ1) is 41.5. The summed E-state index contributed by atoms with van der Waals surface area (Å²) in [5.41, 5.74) is 3.65. The lowest BCUT2D eigenvalue weighted by molar-refractivity contribution is 0.00855. The van der Waals surface area contributed by atoms with Crippen LogP contribution in [-0.4, -0.2) is 118 Å². The molecule has 0 radical (unpaired) electrons. The van der Waals surface area contributed by atoms with Gasteiger partial charge in [-0.15, -0.1) is 0 Å². The van der Waals surface area contributed by atoms with Crippen molar-refractivity contribution in [3.63, 3.8) is 0 Å². The summed E-state index contributed by atoms with van der Waals surface area (Å²) >= 11 is 0. The minimum Gasteiger partial charge on any atom is -0.461 e.